The molecule has 0 heterocycles. The van der Waals surface area contributed by atoms with Crippen molar-refractivity contribution < 1.29 is 0 Å². The molecular formula is C17H17ClIN. The minimum atomic E-state index is 0.364. The molecule has 3 rings (SSSR count). The Hall–Kier alpha value is -0.580. The lowest BCUT2D eigenvalue weighted by Gasteiger charge is -2.33. The van der Waals surface area contributed by atoms with E-state index in [1.165, 1.54) is 23.1 Å². The molecule has 0 aliphatic heterocycles. The van der Waals surface area contributed by atoms with Crippen LogP contribution in [0.1, 0.15) is 35.1 Å². The summed E-state index contributed by atoms with van der Waals surface area (Å²) < 4.78 is 1.11. The summed E-state index contributed by atoms with van der Waals surface area (Å²) in [5.74, 6) is 0.668. The summed E-state index contributed by atoms with van der Waals surface area (Å²) in [5, 5.41) is 4.28. The number of halogens is 2. The molecule has 1 nitrogen and oxygen atoms in total. The molecule has 0 radical (unpaired) electrons. The maximum atomic E-state index is 6.25. The Balaban J connectivity index is 1.77. The summed E-state index contributed by atoms with van der Waals surface area (Å²) in [6, 6.07) is 15.5. The average molecular weight is 398 g/mol. The van der Waals surface area contributed by atoms with Crippen LogP contribution >= 0.6 is 34.2 Å². The highest BCUT2D eigenvalue weighted by atomic mass is 127. The van der Waals surface area contributed by atoms with E-state index in [-0.39, 0.29) is 0 Å². The number of rotatable bonds is 4. The third kappa shape index (κ3) is 2.74. The van der Waals surface area contributed by atoms with Gasteiger partial charge in [0.1, 0.15) is 0 Å². The van der Waals surface area contributed by atoms with Crippen molar-refractivity contribution in [2.75, 3.05) is 7.05 Å². The molecule has 1 aliphatic rings. The number of benzene rings is 2. The third-order valence-electron chi connectivity index (χ3n) is 4.18. The number of nitrogens with one attached hydrogen (secondary N) is 1. The Kier molecular flexibility index (Phi) is 4.34. The number of hydrogen-bond donors (Lipinski definition) is 1. The summed E-state index contributed by atoms with van der Waals surface area (Å²) in [6.07, 6.45) is 2.33. The SMILES string of the molecule is CNC(CC1Cc2ccccc21)c1ccc(I)c(Cl)c1. The smallest absolute Gasteiger partial charge is 0.0542 e. The Bertz CT molecular complexity index is 626. The van der Waals surface area contributed by atoms with Gasteiger partial charge in [0.05, 0.1) is 5.02 Å². The van der Waals surface area contributed by atoms with E-state index in [9.17, 15) is 0 Å². The molecule has 2 atom stereocenters. The van der Waals surface area contributed by atoms with Gasteiger partial charge < -0.3 is 5.32 Å². The number of fused-ring (bicyclic) bond motifs is 1. The lowest BCUT2D eigenvalue weighted by molar-refractivity contribution is 0.452. The van der Waals surface area contributed by atoms with Crippen molar-refractivity contribution in [1.29, 1.82) is 0 Å². The van der Waals surface area contributed by atoms with Crippen molar-refractivity contribution in [3.8, 4) is 0 Å². The van der Waals surface area contributed by atoms with Crippen LogP contribution < -0.4 is 5.32 Å². The topological polar surface area (TPSA) is 12.0 Å². The van der Waals surface area contributed by atoms with E-state index in [1.54, 1.807) is 0 Å². The molecule has 1 aliphatic carbocycles. The van der Waals surface area contributed by atoms with E-state index >= 15 is 0 Å². The Morgan fingerprint density at radius 3 is 2.80 bits per heavy atom. The van der Waals surface area contributed by atoms with Crippen molar-refractivity contribution in [2.24, 2.45) is 0 Å². The molecule has 0 spiro atoms. The molecule has 3 heteroatoms. The first-order chi connectivity index (χ1) is 9.69. The van der Waals surface area contributed by atoms with Gasteiger partial charge in [-0.05, 0) is 77.2 Å². The van der Waals surface area contributed by atoms with E-state index in [2.05, 4.69) is 70.4 Å². The van der Waals surface area contributed by atoms with Gasteiger partial charge in [-0.25, -0.2) is 0 Å². The molecule has 0 fully saturated rings. The van der Waals surface area contributed by atoms with Gasteiger partial charge in [-0.15, -0.1) is 0 Å². The monoisotopic (exact) mass is 397 g/mol. The van der Waals surface area contributed by atoms with Crippen molar-refractivity contribution in [1.82, 2.24) is 5.32 Å². The molecule has 0 saturated carbocycles. The van der Waals surface area contributed by atoms with Crippen molar-refractivity contribution >= 4 is 34.2 Å². The first kappa shape index (κ1) is 14.4. The molecule has 0 aromatic heterocycles. The van der Waals surface area contributed by atoms with Gasteiger partial charge in [0.15, 0.2) is 0 Å². The molecule has 2 aromatic carbocycles. The highest BCUT2D eigenvalue weighted by molar-refractivity contribution is 14.1. The fourth-order valence-corrected chi connectivity index (χ4v) is 3.53. The van der Waals surface area contributed by atoms with E-state index in [1.807, 2.05) is 7.05 Å². The lowest BCUT2D eigenvalue weighted by Crippen LogP contribution is -2.25. The van der Waals surface area contributed by atoms with Gasteiger partial charge in [-0.1, -0.05) is 41.9 Å². The lowest BCUT2D eigenvalue weighted by atomic mass is 9.74. The summed E-state index contributed by atoms with van der Waals surface area (Å²) in [6.45, 7) is 0. The maximum Gasteiger partial charge on any atom is 0.0542 e. The van der Waals surface area contributed by atoms with Crippen LogP contribution in [0.15, 0.2) is 42.5 Å². The second kappa shape index (κ2) is 6.04. The quantitative estimate of drug-likeness (QED) is 0.721. The van der Waals surface area contributed by atoms with Crippen LogP contribution in [0.25, 0.3) is 0 Å². The predicted octanol–water partition coefficient (Wildman–Crippen LogP) is 4.94. The van der Waals surface area contributed by atoms with Crippen LogP contribution in [0.2, 0.25) is 5.02 Å². The fourth-order valence-electron chi connectivity index (χ4n) is 3.01. The zero-order chi connectivity index (χ0) is 14.1. The zero-order valence-corrected chi connectivity index (χ0v) is 14.3. The van der Waals surface area contributed by atoms with Crippen molar-refractivity contribution in [2.45, 2.75) is 24.8 Å². The van der Waals surface area contributed by atoms with Gasteiger partial charge in [0.25, 0.3) is 0 Å². The molecule has 0 amide bonds. The maximum absolute atomic E-state index is 6.25. The summed E-state index contributed by atoms with van der Waals surface area (Å²) >= 11 is 8.51. The Labute approximate surface area is 138 Å². The second-order valence-corrected chi connectivity index (χ2v) is 6.92. The van der Waals surface area contributed by atoms with Gasteiger partial charge >= 0.3 is 0 Å². The minimum absolute atomic E-state index is 0.364. The van der Waals surface area contributed by atoms with E-state index in [0.29, 0.717) is 12.0 Å². The van der Waals surface area contributed by atoms with E-state index < -0.39 is 0 Å². The first-order valence-electron chi connectivity index (χ1n) is 6.89. The largest absolute Gasteiger partial charge is 0.313 e. The van der Waals surface area contributed by atoms with Crippen LogP contribution in [0, 0.1) is 3.57 Å². The summed E-state index contributed by atoms with van der Waals surface area (Å²) in [5.41, 5.74) is 4.31. The molecule has 104 valence electrons. The molecule has 2 aromatic rings. The summed E-state index contributed by atoms with van der Waals surface area (Å²) in [4.78, 5) is 0. The standard InChI is InChI=1S/C17H17ClIN/c1-20-17(12-6-7-16(19)15(18)9-12)10-13-8-11-4-2-3-5-14(11)13/h2-7,9,13,17,20H,8,10H2,1H3. The Morgan fingerprint density at radius 2 is 2.10 bits per heavy atom. The Morgan fingerprint density at radius 1 is 1.30 bits per heavy atom. The second-order valence-electron chi connectivity index (χ2n) is 5.35. The van der Waals surface area contributed by atoms with Crippen molar-refractivity contribution in [3.05, 3.63) is 67.7 Å². The predicted molar refractivity (Wildman–Crippen MR) is 93.5 cm³/mol. The molecule has 0 saturated heterocycles. The van der Waals surface area contributed by atoms with Crippen LogP contribution in [-0.2, 0) is 6.42 Å². The van der Waals surface area contributed by atoms with Gasteiger partial charge in [-0.2, -0.15) is 0 Å². The minimum Gasteiger partial charge on any atom is -0.313 e. The third-order valence-corrected chi connectivity index (χ3v) is 5.75. The molecular weight excluding hydrogens is 381 g/mol. The molecule has 20 heavy (non-hydrogen) atoms. The highest BCUT2D eigenvalue weighted by Crippen LogP contribution is 2.41. The van der Waals surface area contributed by atoms with Crippen LogP contribution in [0.4, 0.5) is 0 Å². The normalized spacial score (nSPS) is 18.2. The van der Waals surface area contributed by atoms with Crippen LogP contribution in [0.5, 0.6) is 0 Å². The van der Waals surface area contributed by atoms with Gasteiger partial charge in [0, 0.05) is 9.61 Å². The highest BCUT2D eigenvalue weighted by Gasteiger charge is 2.28. The first-order valence-corrected chi connectivity index (χ1v) is 8.34. The van der Waals surface area contributed by atoms with Crippen molar-refractivity contribution in [3.63, 3.8) is 0 Å². The van der Waals surface area contributed by atoms with Gasteiger partial charge in [-0.3, -0.25) is 0 Å². The van der Waals surface area contributed by atoms with Gasteiger partial charge in [0.2, 0.25) is 0 Å². The molecule has 0 bridgehead atoms. The molecule has 1 N–H and O–H groups in total. The van der Waals surface area contributed by atoms with Crippen LogP contribution in [0.3, 0.4) is 0 Å². The summed E-state index contributed by atoms with van der Waals surface area (Å²) in [7, 11) is 2.03. The average Bonchev–Trinajstić information content (AvgIpc) is 2.44. The van der Waals surface area contributed by atoms with E-state index in [4.69, 9.17) is 11.6 Å². The molecule has 2 unspecified atom stereocenters. The van der Waals surface area contributed by atoms with Crippen LogP contribution in [-0.4, -0.2) is 7.05 Å². The number of hydrogen-bond acceptors (Lipinski definition) is 1. The fraction of sp³-hybridized carbons (Fsp3) is 0.294. The van der Waals surface area contributed by atoms with E-state index in [0.717, 1.165) is 15.0 Å². The zero-order valence-electron chi connectivity index (χ0n) is 11.4.